The number of primary amides is 1. The number of hydrogen-bond acceptors (Lipinski definition) is 11. The molecule has 0 aliphatic carbocycles. The van der Waals surface area contributed by atoms with Gasteiger partial charge >= 0.3 is 5.97 Å². The summed E-state index contributed by atoms with van der Waals surface area (Å²) in [5.74, 6) is -6.38. The van der Waals surface area contributed by atoms with Crippen LogP contribution in [0.4, 0.5) is 0 Å². The number of unbranched alkanes of at least 4 members (excludes halogenated alkanes) is 7. The molecule has 1 aliphatic heterocycles. The van der Waals surface area contributed by atoms with Gasteiger partial charge in [-0.15, -0.1) is 0 Å². The van der Waals surface area contributed by atoms with Crippen molar-refractivity contribution in [2.75, 3.05) is 19.7 Å². The van der Waals surface area contributed by atoms with Crippen LogP contribution in [0.1, 0.15) is 109 Å². The van der Waals surface area contributed by atoms with Gasteiger partial charge < -0.3 is 52.5 Å². The van der Waals surface area contributed by atoms with Crippen LogP contribution in [0.2, 0.25) is 0 Å². The zero-order valence-corrected chi connectivity index (χ0v) is 37.4. The van der Waals surface area contributed by atoms with Crippen LogP contribution in [0, 0.1) is 0 Å². The summed E-state index contributed by atoms with van der Waals surface area (Å²) in [6, 6.07) is 1.63. The van der Waals surface area contributed by atoms with E-state index in [0.29, 0.717) is 31.2 Å². The van der Waals surface area contributed by atoms with Crippen molar-refractivity contribution < 1.29 is 53.0 Å². The fraction of sp³-hybridized carbons (Fsp3) is 0.543. The largest absolute Gasteiger partial charge is 0.459 e. The normalized spacial score (nSPS) is 19.7. The Labute approximate surface area is 379 Å². The van der Waals surface area contributed by atoms with Gasteiger partial charge in [-0.05, 0) is 56.7 Å². The van der Waals surface area contributed by atoms with E-state index >= 15 is 0 Å². The number of esters is 1. The number of rotatable bonds is 23. The molecule has 1 aliphatic rings. The number of fused-ring (bicyclic) bond motifs is 1. The Morgan fingerprint density at radius 2 is 1.62 bits per heavy atom. The maximum absolute atomic E-state index is 13.7. The molecular formula is C46H66N8O11. The first-order chi connectivity index (χ1) is 31.2. The Hall–Kier alpha value is -6.37. The summed E-state index contributed by atoms with van der Waals surface area (Å²) in [6.07, 6.45) is 15.2. The third-order valence-corrected chi connectivity index (χ3v) is 10.7. The van der Waals surface area contributed by atoms with Crippen molar-refractivity contribution >= 4 is 64.0 Å². The number of allylic oxidation sites excluding steroid dienone is 4. The number of aliphatic hydroxyl groups is 1. The summed E-state index contributed by atoms with van der Waals surface area (Å²) in [4.78, 5) is 120. The van der Waals surface area contributed by atoms with Crippen LogP contribution in [-0.4, -0.2) is 113 Å². The van der Waals surface area contributed by atoms with Gasteiger partial charge in [0, 0.05) is 55.7 Å². The fourth-order valence-electron chi connectivity index (χ4n) is 6.99. The van der Waals surface area contributed by atoms with E-state index in [1.165, 1.54) is 13.3 Å². The molecule has 1 aromatic carbocycles. The molecule has 356 valence electrons. The van der Waals surface area contributed by atoms with Crippen LogP contribution in [0.3, 0.4) is 0 Å². The SMILES string of the molecule is CCCCC/C=C/C=C/C(=O)CCCCCCCC(=O)N[C@H](CCC(N)=O)C(=O)NC1C(=O)NCCC(=O)N[C@H](Cc2c[nH]c3ccccc23)C(=O)N[C@H](CO)C(=O)NCC(=O)OC1C. The Balaban J connectivity index is 1.63. The smallest absolute Gasteiger partial charge is 0.325 e. The Morgan fingerprint density at radius 3 is 2.35 bits per heavy atom. The molecule has 65 heavy (non-hydrogen) atoms. The average Bonchev–Trinajstić information content (AvgIpc) is 3.68. The summed E-state index contributed by atoms with van der Waals surface area (Å²) in [5.41, 5.74) is 6.81. The van der Waals surface area contributed by atoms with Crippen molar-refractivity contribution in [2.24, 2.45) is 5.73 Å². The number of nitrogens with two attached hydrogens (primary N) is 1. The number of aromatic nitrogens is 1. The highest BCUT2D eigenvalue weighted by Gasteiger charge is 2.34. The van der Waals surface area contributed by atoms with Crippen molar-refractivity contribution in [3.8, 4) is 0 Å². The Kier molecular flexibility index (Phi) is 23.8. The zero-order valence-electron chi connectivity index (χ0n) is 37.4. The van der Waals surface area contributed by atoms with Gasteiger partial charge in [-0.3, -0.25) is 43.2 Å². The number of H-pyrrole nitrogens is 1. The van der Waals surface area contributed by atoms with E-state index in [1.54, 1.807) is 24.4 Å². The molecule has 0 saturated carbocycles. The highest BCUT2D eigenvalue weighted by molar-refractivity contribution is 5.95. The van der Waals surface area contributed by atoms with E-state index in [9.17, 15) is 48.3 Å². The summed E-state index contributed by atoms with van der Waals surface area (Å²) in [5, 5.41) is 25.7. The molecule has 7 amide bonds. The average molecular weight is 907 g/mol. The van der Waals surface area contributed by atoms with Crippen molar-refractivity contribution in [3.05, 3.63) is 60.3 Å². The van der Waals surface area contributed by atoms with Crippen molar-refractivity contribution in [3.63, 3.8) is 0 Å². The molecule has 0 radical (unpaired) electrons. The van der Waals surface area contributed by atoms with Crippen LogP contribution < -0.4 is 37.6 Å². The van der Waals surface area contributed by atoms with Gasteiger partial charge in [-0.1, -0.05) is 75.5 Å². The van der Waals surface area contributed by atoms with Gasteiger partial charge in [0.15, 0.2) is 5.78 Å². The second kappa shape index (κ2) is 29.1. The number of benzene rings is 1. The lowest BCUT2D eigenvalue weighted by atomic mass is 10.0. The molecule has 5 atom stereocenters. The van der Waals surface area contributed by atoms with Crippen molar-refractivity contribution in [1.29, 1.82) is 0 Å². The van der Waals surface area contributed by atoms with Gasteiger partial charge in [0.25, 0.3) is 0 Å². The number of para-hydroxylation sites is 1. The summed E-state index contributed by atoms with van der Waals surface area (Å²) < 4.78 is 5.39. The van der Waals surface area contributed by atoms with Gasteiger partial charge in [0.2, 0.25) is 41.4 Å². The van der Waals surface area contributed by atoms with Crippen molar-refractivity contribution in [1.82, 2.24) is 36.9 Å². The predicted octanol–water partition coefficient (Wildman–Crippen LogP) is 1.47. The molecule has 0 spiro atoms. The lowest BCUT2D eigenvalue weighted by molar-refractivity contribution is -0.152. The molecule has 3 rings (SSSR count). The van der Waals surface area contributed by atoms with Gasteiger partial charge in [0.1, 0.15) is 36.8 Å². The monoisotopic (exact) mass is 906 g/mol. The maximum Gasteiger partial charge on any atom is 0.325 e. The molecule has 1 aromatic heterocycles. The Bertz CT molecular complexity index is 2000. The second-order valence-corrected chi connectivity index (χ2v) is 16.0. The first-order valence-electron chi connectivity index (χ1n) is 22.5. The van der Waals surface area contributed by atoms with Gasteiger partial charge in [0.05, 0.1) is 6.61 Å². The Morgan fingerprint density at radius 1 is 0.877 bits per heavy atom. The highest BCUT2D eigenvalue weighted by Crippen LogP contribution is 2.19. The number of carbonyl (C=O) groups excluding carboxylic acids is 9. The van der Waals surface area contributed by atoms with Crippen molar-refractivity contribution in [2.45, 2.75) is 140 Å². The highest BCUT2D eigenvalue weighted by atomic mass is 16.5. The summed E-state index contributed by atoms with van der Waals surface area (Å²) in [7, 11) is 0. The van der Waals surface area contributed by atoms with Crippen LogP contribution in [0.25, 0.3) is 10.9 Å². The number of cyclic esters (lactones) is 1. The van der Waals surface area contributed by atoms with Gasteiger partial charge in [-0.2, -0.15) is 0 Å². The molecule has 10 N–H and O–H groups in total. The number of hydrogen-bond donors (Lipinski definition) is 9. The third-order valence-electron chi connectivity index (χ3n) is 10.7. The molecule has 1 fully saturated rings. The molecule has 2 heterocycles. The van der Waals surface area contributed by atoms with E-state index in [2.05, 4.69) is 49.9 Å². The van der Waals surface area contributed by atoms with Crippen LogP contribution in [-0.2, 0) is 54.3 Å². The fourth-order valence-corrected chi connectivity index (χ4v) is 6.99. The minimum Gasteiger partial charge on any atom is -0.459 e. The van der Waals surface area contributed by atoms with E-state index < -0.39 is 90.7 Å². The molecule has 0 bridgehead atoms. The third kappa shape index (κ3) is 19.9. The predicted molar refractivity (Wildman–Crippen MR) is 241 cm³/mol. The minimum atomic E-state index is -1.59. The molecule has 19 heteroatoms. The first-order valence-corrected chi connectivity index (χ1v) is 22.5. The number of ketones is 1. The first kappa shape index (κ1) is 53.0. The lowest BCUT2D eigenvalue weighted by Crippen LogP contribution is -2.58. The van der Waals surface area contributed by atoms with E-state index in [0.717, 1.165) is 43.0 Å². The van der Waals surface area contributed by atoms with Crippen LogP contribution >= 0.6 is 0 Å². The number of nitrogens with one attached hydrogen (secondary N) is 7. The van der Waals surface area contributed by atoms with Crippen LogP contribution in [0.5, 0.6) is 0 Å². The standard InChI is InChI=1S/C46H66N8O11/c1-3-4-5-6-7-9-12-17-32(56)18-13-10-8-11-14-21-39(58)51-35(22-23-38(47)57)44(62)54-42-30(2)65-41(60)28-50-43(61)37(29-55)53-45(63)36(52-40(59)24-25-48-46(42)64)26-31-27-49-34-20-16-15-19-33(31)34/h7,9,12,15-17,19-20,27,30,35-37,42,49,55H,3-6,8,10-11,13-14,18,21-26,28-29H2,1-2H3,(H2,47,57)(H,48,64)(H,50,61)(H,51,58)(H,52,59)(H,53,63)(H,54,62)/b9-7+,17-12+/t30?,35-,36-,37-,42?/m1/s1. The molecule has 2 unspecified atom stereocenters. The number of aliphatic hydroxyl groups excluding tert-OH is 1. The van der Waals surface area contributed by atoms with E-state index in [4.69, 9.17) is 10.5 Å². The van der Waals surface area contributed by atoms with E-state index in [1.807, 2.05) is 24.3 Å². The minimum absolute atomic E-state index is 0.0155. The van der Waals surface area contributed by atoms with E-state index in [-0.39, 0.29) is 44.4 Å². The number of aromatic amines is 1. The van der Waals surface area contributed by atoms with Gasteiger partial charge in [-0.25, -0.2) is 0 Å². The summed E-state index contributed by atoms with van der Waals surface area (Å²) in [6.45, 7) is 1.56. The zero-order chi connectivity index (χ0) is 47.6. The molecule has 2 aromatic rings. The second-order valence-electron chi connectivity index (χ2n) is 16.0. The quantitative estimate of drug-likeness (QED) is 0.0333. The number of amides is 7. The topological polar surface area (TPSA) is 297 Å². The summed E-state index contributed by atoms with van der Waals surface area (Å²) >= 11 is 0. The molecule has 1 saturated heterocycles. The lowest BCUT2D eigenvalue weighted by Gasteiger charge is -2.27. The molecule has 19 nitrogen and oxygen atoms in total. The number of ether oxygens (including phenoxy) is 1. The maximum atomic E-state index is 13.7. The van der Waals surface area contributed by atoms with Crippen LogP contribution in [0.15, 0.2) is 54.8 Å². The molecular weight excluding hydrogens is 841 g/mol. The number of carbonyl (C=O) groups is 9.